The van der Waals surface area contributed by atoms with E-state index in [9.17, 15) is 10.1 Å². The summed E-state index contributed by atoms with van der Waals surface area (Å²) < 4.78 is 5.88. The van der Waals surface area contributed by atoms with Gasteiger partial charge in [0.2, 0.25) is 5.88 Å². The van der Waals surface area contributed by atoms with Gasteiger partial charge in [0.25, 0.3) is 0 Å². The lowest BCUT2D eigenvalue weighted by molar-refractivity contribution is -0.119. The SMILES string of the molecule is C[C@H]1CC(C)(C)N(Cc2ccccc2)c2ccc([C@@H]3C(C#N)=C(N)OC4=C3C(=O)CC(C)(C)C4)cc21. The van der Waals surface area contributed by atoms with E-state index < -0.39 is 5.92 Å². The zero-order valence-electron chi connectivity index (χ0n) is 21.9. The van der Waals surface area contributed by atoms with Crippen molar-refractivity contribution in [3.05, 3.63) is 88.0 Å². The number of rotatable bonds is 3. The van der Waals surface area contributed by atoms with Crippen molar-refractivity contribution in [1.82, 2.24) is 0 Å². The van der Waals surface area contributed by atoms with Crippen LogP contribution in [0.15, 0.2) is 71.3 Å². The molecule has 2 aliphatic heterocycles. The smallest absolute Gasteiger partial charge is 0.205 e. The first-order valence-electron chi connectivity index (χ1n) is 12.8. The lowest BCUT2D eigenvalue weighted by Crippen LogP contribution is -2.47. The van der Waals surface area contributed by atoms with E-state index in [1.165, 1.54) is 16.8 Å². The second-order valence-electron chi connectivity index (χ2n) is 12.0. The zero-order chi connectivity index (χ0) is 25.8. The molecule has 2 aromatic carbocycles. The Kier molecular flexibility index (Phi) is 5.75. The van der Waals surface area contributed by atoms with Gasteiger partial charge in [0.05, 0.1) is 5.92 Å². The highest BCUT2D eigenvalue weighted by molar-refractivity contribution is 6.00. The maximum absolute atomic E-state index is 13.4. The van der Waals surface area contributed by atoms with Gasteiger partial charge in [-0.05, 0) is 54.4 Å². The fourth-order valence-corrected chi connectivity index (χ4v) is 6.37. The number of ketones is 1. The summed E-state index contributed by atoms with van der Waals surface area (Å²) in [6.07, 6.45) is 2.07. The van der Waals surface area contributed by atoms with Crippen LogP contribution in [0.3, 0.4) is 0 Å². The van der Waals surface area contributed by atoms with Crippen LogP contribution in [0.4, 0.5) is 5.69 Å². The Morgan fingerprint density at radius 1 is 1.11 bits per heavy atom. The molecule has 2 heterocycles. The normalized spacial score (nSPS) is 24.6. The van der Waals surface area contributed by atoms with Crippen molar-refractivity contribution in [3.63, 3.8) is 0 Å². The van der Waals surface area contributed by atoms with E-state index in [1.54, 1.807) is 0 Å². The summed E-state index contributed by atoms with van der Waals surface area (Å²) in [4.78, 5) is 15.9. The first kappa shape index (κ1) is 24.2. The predicted octanol–water partition coefficient (Wildman–Crippen LogP) is 6.43. The molecule has 0 aromatic heterocycles. The minimum absolute atomic E-state index is 0.00872. The van der Waals surface area contributed by atoms with E-state index in [0.717, 1.165) is 18.5 Å². The predicted molar refractivity (Wildman–Crippen MR) is 142 cm³/mol. The van der Waals surface area contributed by atoms with Crippen molar-refractivity contribution >= 4 is 11.5 Å². The molecule has 0 amide bonds. The molecule has 3 aliphatic rings. The molecule has 0 spiro atoms. The van der Waals surface area contributed by atoms with Crippen molar-refractivity contribution in [2.75, 3.05) is 4.90 Å². The number of carbonyl (C=O) groups excluding carboxylic acids is 1. The standard InChI is InChI=1S/C31H35N3O2/c1-19-14-31(4,5)34(18-20-9-7-6-8-10-20)24-12-11-21(13-22(19)24)27-23(17-32)29(33)36-26-16-30(2,3)15-25(35)28(26)27/h6-13,19,27H,14-16,18,33H2,1-5H3/t19-,27+/m0/s1. The average molecular weight is 482 g/mol. The molecular formula is C31H35N3O2. The molecule has 36 heavy (non-hydrogen) atoms. The van der Waals surface area contributed by atoms with Gasteiger partial charge in [-0.15, -0.1) is 0 Å². The van der Waals surface area contributed by atoms with Crippen LogP contribution in [-0.4, -0.2) is 11.3 Å². The van der Waals surface area contributed by atoms with E-state index in [-0.39, 0.29) is 22.6 Å². The molecule has 186 valence electrons. The van der Waals surface area contributed by atoms with E-state index >= 15 is 0 Å². The Morgan fingerprint density at radius 3 is 2.53 bits per heavy atom. The lowest BCUT2D eigenvalue weighted by Gasteiger charge is -2.48. The topological polar surface area (TPSA) is 79.3 Å². The molecule has 0 radical (unpaired) electrons. The third-order valence-corrected chi connectivity index (χ3v) is 8.00. The third-order valence-electron chi connectivity index (χ3n) is 8.00. The number of anilines is 1. The van der Waals surface area contributed by atoms with Crippen molar-refractivity contribution < 1.29 is 9.53 Å². The maximum Gasteiger partial charge on any atom is 0.205 e. The van der Waals surface area contributed by atoms with Gasteiger partial charge in [-0.1, -0.05) is 63.2 Å². The van der Waals surface area contributed by atoms with Gasteiger partial charge in [0, 0.05) is 36.2 Å². The molecule has 5 rings (SSSR count). The molecule has 1 aliphatic carbocycles. The second kappa shape index (κ2) is 8.55. The van der Waals surface area contributed by atoms with E-state index in [0.29, 0.717) is 35.7 Å². The summed E-state index contributed by atoms with van der Waals surface area (Å²) in [6, 6.07) is 19.2. The number of allylic oxidation sites excluding steroid dienone is 3. The number of fused-ring (bicyclic) bond motifs is 1. The summed E-state index contributed by atoms with van der Waals surface area (Å²) in [6.45, 7) is 11.8. The number of carbonyl (C=O) groups is 1. The molecular weight excluding hydrogens is 446 g/mol. The highest BCUT2D eigenvalue weighted by Crippen LogP contribution is 2.50. The van der Waals surface area contributed by atoms with Crippen LogP contribution in [0, 0.1) is 16.7 Å². The highest BCUT2D eigenvalue weighted by atomic mass is 16.5. The van der Waals surface area contributed by atoms with Gasteiger partial charge in [-0.3, -0.25) is 4.79 Å². The van der Waals surface area contributed by atoms with Crippen molar-refractivity contribution in [2.24, 2.45) is 11.1 Å². The molecule has 2 atom stereocenters. The van der Waals surface area contributed by atoms with Gasteiger partial charge < -0.3 is 15.4 Å². The molecule has 2 aromatic rings. The molecule has 0 unspecified atom stereocenters. The van der Waals surface area contributed by atoms with Crippen molar-refractivity contribution in [1.29, 1.82) is 5.26 Å². The summed E-state index contributed by atoms with van der Waals surface area (Å²) in [5.41, 5.74) is 11.6. The minimum atomic E-state index is -0.489. The van der Waals surface area contributed by atoms with Crippen molar-refractivity contribution in [3.8, 4) is 6.07 Å². The fraction of sp³-hybridized carbons (Fsp3) is 0.419. The highest BCUT2D eigenvalue weighted by Gasteiger charge is 2.44. The monoisotopic (exact) mass is 481 g/mol. The van der Waals surface area contributed by atoms with Gasteiger partial charge in [0.15, 0.2) is 5.78 Å². The van der Waals surface area contributed by atoms with Crippen LogP contribution in [0.1, 0.15) is 82.4 Å². The Morgan fingerprint density at radius 2 is 1.83 bits per heavy atom. The number of hydrogen-bond acceptors (Lipinski definition) is 5. The van der Waals surface area contributed by atoms with E-state index in [1.807, 2.05) is 6.07 Å². The molecule has 5 heteroatoms. The van der Waals surface area contributed by atoms with Crippen LogP contribution in [0.5, 0.6) is 0 Å². The number of nitrogens with two attached hydrogens (primary N) is 1. The summed E-state index contributed by atoms with van der Waals surface area (Å²) in [5.74, 6) is 0.629. The fourth-order valence-electron chi connectivity index (χ4n) is 6.37. The van der Waals surface area contributed by atoms with Crippen LogP contribution in [0.2, 0.25) is 0 Å². The van der Waals surface area contributed by atoms with Gasteiger partial charge in [-0.2, -0.15) is 5.26 Å². The quantitative estimate of drug-likeness (QED) is 0.546. The minimum Gasteiger partial charge on any atom is -0.444 e. The molecule has 0 saturated carbocycles. The second-order valence-corrected chi connectivity index (χ2v) is 12.0. The van der Waals surface area contributed by atoms with Crippen LogP contribution < -0.4 is 10.6 Å². The molecule has 2 N–H and O–H groups in total. The third kappa shape index (κ3) is 4.09. The maximum atomic E-state index is 13.4. The van der Waals surface area contributed by atoms with E-state index in [4.69, 9.17) is 10.5 Å². The van der Waals surface area contributed by atoms with Crippen molar-refractivity contribution in [2.45, 2.75) is 77.8 Å². The lowest BCUT2D eigenvalue weighted by atomic mass is 9.69. The number of nitriles is 1. The molecule has 0 bridgehead atoms. The first-order chi connectivity index (χ1) is 17.0. The first-order valence-corrected chi connectivity index (χ1v) is 12.8. The summed E-state index contributed by atoms with van der Waals surface area (Å²) in [5, 5.41) is 10.0. The summed E-state index contributed by atoms with van der Waals surface area (Å²) in [7, 11) is 0. The van der Waals surface area contributed by atoms with E-state index in [2.05, 4.69) is 88.1 Å². The number of benzene rings is 2. The molecule has 0 fully saturated rings. The zero-order valence-corrected chi connectivity index (χ0v) is 21.9. The molecule has 0 saturated heterocycles. The molecule has 5 nitrogen and oxygen atoms in total. The largest absolute Gasteiger partial charge is 0.444 e. The summed E-state index contributed by atoms with van der Waals surface area (Å²) >= 11 is 0. The Hall–Kier alpha value is -3.52. The number of Topliss-reactive ketones (excluding diaryl/α,β-unsaturated/α-hetero) is 1. The van der Waals surface area contributed by atoms with Crippen LogP contribution >= 0.6 is 0 Å². The van der Waals surface area contributed by atoms with Crippen LogP contribution in [0.25, 0.3) is 0 Å². The Bertz CT molecular complexity index is 1330. The van der Waals surface area contributed by atoms with Gasteiger partial charge in [-0.25, -0.2) is 0 Å². The van der Waals surface area contributed by atoms with Crippen LogP contribution in [-0.2, 0) is 16.1 Å². The Balaban J connectivity index is 1.61. The Labute approximate surface area is 214 Å². The average Bonchev–Trinajstić information content (AvgIpc) is 2.80. The number of nitrogens with zero attached hydrogens (tertiary/aromatic N) is 2. The number of hydrogen-bond donors (Lipinski definition) is 1. The number of ether oxygens (including phenoxy) is 1. The van der Waals surface area contributed by atoms with Gasteiger partial charge >= 0.3 is 0 Å². The van der Waals surface area contributed by atoms with Gasteiger partial charge in [0.1, 0.15) is 17.4 Å².